The Morgan fingerprint density at radius 3 is 2.31 bits per heavy atom. The minimum atomic E-state index is -0.895. The summed E-state index contributed by atoms with van der Waals surface area (Å²) in [5.74, 6) is -0.0612. The molecule has 39 heavy (non-hydrogen) atoms. The number of nitrogens with two attached hydrogens (primary N) is 1. The van der Waals surface area contributed by atoms with E-state index in [2.05, 4.69) is 10.6 Å². The first kappa shape index (κ1) is 28.9. The minimum absolute atomic E-state index is 0.0512. The van der Waals surface area contributed by atoms with E-state index in [9.17, 15) is 19.5 Å². The summed E-state index contributed by atoms with van der Waals surface area (Å²) in [5.41, 5.74) is 7.46. The number of benzene rings is 3. The molecule has 0 bridgehead atoms. The first-order valence-corrected chi connectivity index (χ1v) is 12.4. The fourth-order valence-corrected chi connectivity index (χ4v) is 3.81. The summed E-state index contributed by atoms with van der Waals surface area (Å²) in [6.07, 6.45) is 1.37. The van der Waals surface area contributed by atoms with Gasteiger partial charge in [0.25, 0.3) is 0 Å². The Morgan fingerprint density at radius 2 is 1.64 bits per heavy atom. The van der Waals surface area contributed by atoms with Crippen LogP contribution in [0.15, 0.2) is 84.9 Å². The lowest BCUT2D eigenvalue weighted by molar-refractivity contribution is -0.112. The molecule has 0 fully saturated rings. The highest BCUT2D eigenvalue weighted by Gasteiger charge is 2.34. The Morgan fingerprint density at radius 1 is 0.974 bits per heavy atom. The molecule has 204 valence electrons. The topological polar surface area (TPSA) is 140 Å². The number of ether oxygens (including phenoxy) is 2. The van der Waals surface area contributed by atoms with E-state index < -0.39 is 23.5 Å². The lowest BCUT2D eigenvalue weighted by atomic mass is 9.81. The van der Waals surface area contributed by atoms with Crippen molar-refractivity contribution >= 4 is 34.8 Å². The fraction of sp³-hybridized carbons (Fsp3) is 0.233. The maximum Gasteiger partial charge on any atom is 0.412 e. The van der Waals surface area contributed by atoms with Gasteiger partial charge >= 0.3 is 6.09 Å². The summed E-state index contributed by atoms with van der Waals surface area (Å²) in [5, 5.41) is 14.7. The number of nitrogens with one attached hydrogen (secondary N) is 2. The van der Waals surface area contributed by atoms with Crippen molar-refractivity contribution in [1.82, 2.24) is 0 Å². The SMILES string of the molecule is CC(=O)c1ccc(NC(=O)O[C@@H](c2ccccc2OCCO)C(C)(C)/C=C/C(=O)Nc2ccccc2N)cc1. The highest BCUT2D eigenvalue weighted by molar-refractivity contribution is 6.01. The van der Waals surface area contributed by atoms with Crippen molar-refractivity contribution in [2.24, 2.45) is 5.41 Å². The van der Waals surface area contributed by atoms with Crippen LogP contribution in [0.5, 0.6) is 5.75 Å². The molecule has 3 aromatic carbocycles. The summed E-state index contributed by atoms with van der Waals surface area (Å²) < 4.78 is 11.6. The van der Waals surface area contributed by atoms with Gasteiger partial charge in [-0.3, -0.25) is 14.9 Å². The van der Waals surface area contributed by atoms with Gasteiger partial charge in [0.2, 0.25) is 5.91 Å². The second-order valence-corrected chi connectivity index (χ2v) is 9.38. The molecular weight excluding hydrogens is 498 g/mol. The number of ketones is 1. The van der Waals surface area contributed by atoms with Gasteiger partial charge in [-0.1, -0.05) is 50.3 Å². The van der Waals surface area contributed by atoms with E-state index in [1.54, 1.807) is 78.9 Å². The van der Waals surface area contributed by atoms with Crippen LogP contribution in [0.1, 0.15) is 42.8 Å². The van der Waals surface area contributed by atoms with E-state index >= 15 is 0 Å². The van der Waals surface area contributed by atoms with Crippen LogP contribution >= 0.6 is 0 Å². The van der Waals surface area contributed by atoms with Gasteiger partial charge in [-0.25, -0.2) is 4.79 Å². The van der Waals surface area contributed by atoms with Crippen molar-refractivity contribution < 1.29 is 29.0 Å². The Bertz CT molecular complexity index is 1330. The third-order valence-electron chi connectivity index (χ3n) is 5.87. The van der Waals surface area contributed by atoms with Crippen molar-refractivity contribution in [2.75, 3.05) is 29.6 Å². The number of rotatable bonds is 11. The normalized spacial score (nSPS) is 12.0. The van der Waals surface area contributed by atoms with Gasteiger partial charge in [-0.2, -0.15) is 0 Å². The molecule has 0 aliphatic carbocycles. The molecule has 0 saturated carbocycles. The quantitative estimate of drug-likeness (QED) is 0.148. The van der Waals surface area contributed by atoms with Gasteiger partial charge in [-0.05, 0) is 55.5 Å². The van der Waals surface area contributed by atoms with E-state index in [-0.39, 0.29) is 19.0 Å². The van der Waals surface area contributed by atoms with E-state index in [4.69, 9.17) is 15.2 Å². The number of Topliss-reactive ketones (excluding diaryl/α,β-unsaturated/α-hetero) is 1. The average Bonchev–Trinajstić information content (AvgIpc) is 2.91. The molecule has 0 aromatic heterocycles. The predicted molar refractivity (Wildman–Crippen MR) is 151 cm³/mol. The van der Waals surface area contributed by atoms with Crippen molar-refractivity contribution in [1.29, 1.82) is 0 Å². The van der Waals surface area contributed by atoms with Gasteiger partial charge in [0.15, 0.2) is 5.78 Å². The zero-order chi connectivity index (χ0) is 28.4. The molecule has 0 heterocycles. The van der Waals surface area contributed by atoms with Crippen LogP contribution < -0.4 is 21.1 Å². The molecular formula is C30H33N3O6. The van der Waals surface area contributed by atoms with Crippen LogP contribution in [0.2, 0.25) is 0 Å². The molecule has 3 rings (SSSR count). The third-order valence-corrected chi connectivity index (χ3v) is 5.87. The number of carbonyl (C=O) groups is 3. The zero-order valence-corrected chi connectivity index (χ0v) is 22.1. The number of para-hydroxylation sites is 3. The lowest BCUT2D eigenvalue weighted by Crippen LogP contribution is -2.28. The van der Waals surface area contributed by atoms with Gasteiger partial charge in [0.1, 0.15) is 18.5 Å². The molecule has 0 aliphatic heterocycles. The van der Waals surface area contributed by atoms with Crippen molar-refractivity contribution in [2.45, 2.75) is 26.9 Å². The number of aliphatic hydroxyl groups excluding tert-OH is 1. The Balaban J connectivity index is 1.86. The monoisotopic (exact) mass is 531 g/mol. The number of carbonyl (C=O) groups excluding carboxylic acids is 3. The van der Waals surface area contributed by atoms with Crippen molar-refractivity contribution in [3.8, 4) is 5.75 Å². The summed E-state index contributed by atoms with van der Waals surface area (Å²) in [7, 11) is 0. The molecule has 0 saturated heterocycles. The molecule has 5 N–H and O–H groups in total. The lowest BCUT2D eigenvalue weighted by Gasteiger charge is -2.32. The van der Waals surface area contributed by atoms with E-state index in [0.717, 1.165) is 0 Å². The number of hydrogen-bond donors (Lipinski definition) is 4. The molecule has 0 spiro atoms. The van der Waals surface area contributed by atoms with E-state index in [1.165, 1.54) is 13.0 Å². The van der Waals surface area contributed by atoms with E-state index in [0.29, 0.717) is 33.9 Å². The maximum atomic E-state index is 13.0. The minimum Gasteiger partial charge on any atom is -0.491 e. The predicted octanol–water partition coefficient (Wildman–Crippen LogP) is 5.35. The summed E-state index contributed by atoms with van der Waals surface area (Å²) in [6.45, 7) is 4.95. The smallest absolute Gasteiger partial charge is 0.412 e. The molecule has 0 aliphatic rings. The Hall–Kier alpha value is -4.63. The Labute approximate surface area is 227 Å². The molecule has 1 atom stereocenters. The number of aliphatic hydroxyl groups is 1. The number of anilines is 3. The maximum absolute atomic E-state index is 13.0. The molecule has 2 amide bonds. The number of hydrogen-bond acceptors (Lipinski definition) is 7. The second kappa shape index (κ2) is 13.3. The molecule has 0 radical (unpaired) electrons. The molecule has 0 unspecified atom stereocenters. The first-order valence-electron chi connectivity index (χ1n) is 12.4. The van der Waals surface area contributed by atoms with E-state index in [1.807, 2.05) is 13.8 Å². The van der Waals surface area contributed by atoms with Gasteiger partial charge in [-0.15, -0.1) is 0 Å². The average molecular weight is 532 g/mol. The van der Waals surface area contributed by atoms with Crippen molar-refractivity contribution in [3.63, 3.8) is 0 Å². The standard InChI is InChI=1S/C30H33N3O6/c1-20(35)21-12-14-22(15-13-21)32-29(37)39-28(23-8-4-7-11-26(23)38-19-18-34)30(2,3)17-16-27(36)33-25-10-6-5-9-24(25)31/h4-17,28,34H,18-19,31H2,1-3H3,(H,32,37)(H,33,36)/b17-16+/t28-/m0/s1. The summed E-state index contributed by atoms with van der Waals surface area (Å²) >= 11 is 0. The summed E-state index contributed by atoms with van der Waals surface area (Å²) in [4.78, 5) is 37.2. The van der Waals surface area contributed by atoms with Crippen LogP contribution in [0.25, 0.3) is 0 Å². The van der Waals surface area contributed by atoms with Crippen LogP contribution in [0.4, 0.5) is 21.9 Å². The van der Waals surface area contributed by atoms with Gasteiger partial charge < -0.3 is 25.6 Å². The molecule has 3 aromatic rings. The van der Waals surface area contributed by atoms with Gasteiger partial charge in [0.05, 0.1) is 18.0 Å². The van der Waals surface area contributed by atoms with Crippen LogP contribution in [0.3, 0.4) is 0 Å². The Kier molecular flexibility index (Phi) is 9.83. The largest absolute Gasteiger partial charge is 0.491 e. The van der Waals surface area contributed by atoms with Crippen LogP contribution in [-0.4, -0.2) is 36.1 Å². The molecule has 9 heteroatoms. The van der Waals surface area contributed by atoms with Crippen LogP contribution in [0, 0.1) is 5.41 Å². The number of amides is 2. The van der Waals surface area contributed by atoms with Crippen molar-refractivity contribution in [3.05, 3.63) is 96.1 Å². The van der Waals surface area contributed by atoms with Crippen LogP contribution in [-0.2, 0) is 9.53 Å². The van der Waals surface area contributed by atoms with Gasteiger partial charge in [0, 0.05) is 22.2 Å². The highest BCUT2D eigenvalue weighted by atomic mass is 16.6. The fourth-order valence-electron chi connectivity index (χ4n) is 3.81. The first-order chi connectivity index (χ1) is 18.6. The third kappa shape index (κ3) is 8.18. The highest BCUT2D eigenvalue weighted by Crippen LogP contribution is 2.42. The second-order valence-electron chi connectivity index (χ2n) is 9.38. The number of nitrogen functional groups attached to an aromatic ring is 1. The zero-order valence-electron chi connectivity index (χ0n) is 22.1. The molecule has 9 nitrogen and oxygen atoms in total. The summed E-state index contributed by atoms with van der Waals surface area (Å²) in [6, 6.07) is 20.4.